The van der Waals surface area contributed by atoms with Gasteiger partial charge in [-0.3, -0.25) is 0 Å². The Labute approximate surface area is 92.5 Å². The second kappa shape index (κ2) is 3.94. The summed E-state index contributed by atoms with van der Waals surface area (Å²) in [6.45, 7) is 4.04. The van der Waals surface area contributed by atoms with Gasteiger partial charge >= 0.3 is 5.76 Å². The van der Waals surface area contributed by atoms with Crippen LogP contribution in [0.1, 0.15) is 17.0 Å². The highest BCUT2D eigenvalue weighted by Gasteiger charge is 2.11. The summed E-state index contributed by atoms with van der Waals surface area (Å²) < 4.78 is 6.12. The number of nitrogens with zero attached hydrogens (tertiary/aromatic N) is 2. The van der Waals surface area contributed by atoms with Crippen molar-refractivity contribution in [1.29, 1.82) is 0 Å². The molecule has 0 amide bonds. The van der Waals surface area contributed by atoms with Crippen molar-refractivity contribution in [2.45, 2.75) is 20.4 Å². The minimum absolute atomic E-state index is 0.118. The van der Waals surface area contributed by atoms with Crippen LogP contribution in [-0.4, -0.2) is 9.78 Å². The van der Waals surface area contributed by atoms with Crippen molar-refractivity contribution in [1.82, 2.24) is 9.78 Å². The maximum absolute atomic E-state index is 11.5. The van der Waals surface area contributed by atoms with E-state index in [4.69, 9.17) is 10.2 Å². The van der Waals surface area contributed by atoms with E-state index in [2.05, 4.69) is 5.10 Å². The highest BCUT2D eigenvalue weighted by molar-refractivity contribution is 5.43. The van der Waals surface area contributed by atoms with Crippen LogP contribution in [0.25, 0.3) is 5.69 Å². The molecule has 84 valence electrons. The van der Waals surface area contributed by atoms with E-state index in [0.29, 0.717) is 0 Å². The third-order valence-electron chi connectivity index (χ3n) is 2.57. The van der Waals surface area contributed by atoms with E-state index in [1.165, 1.54) is 4.68 Å². The van der Waals surface area contributed by atoms with Crippen LogP contribution in [0.3, 0.4) is 0 Å². The summed E-state index contributed by atoms with van der Waals surface area (Å²) in [6.07, 6.45) is 0. The molecule has 16 heavy (non-hydrogen) atoms. The molecule has 0 unspecified atom stereocenters. The molecule has 0 fully saturated rings. The highest BCUT2D eigenvalue weighted by Crippen LogP contribution is 2.15. The van der Waals surface area contributed by atoms with E-state index >= 15 is 0 Å². The molecule has 1 heterocycles. The minimum Gasteiger partial charge on any atom is -0.391 e. The Kier molecular flexibility index (Phi) is 2.62. The number of aryl methyl sites for hydroxylation is 1. The zero-order chi connectivity index (χ0) is 11.7. The Morgan fingerprint density at radius 1 is 1.44 bits per heavy atom. The molecule has 0 saturated carbocycles. The lowest BCUT2D eigenvalue weighted by molar-refractivity contribution is 0.460. The maximum atomic E-state index is 11.5. The molecule has 1 aromatic carbocycles. The van der Waals surface area contributed by atoms with Gasteiger partial charge in [0, 0.05) is 0 Å². The number of aromatic nitrogens is 2. The van der Waals surface area contributed by atoms with E-state index in [1.54, 1.807) is 0 Å². The molecule has 2 aromatic rings. The lowest BCUT2D eigenvalue weighted by atomic mass is 10.1. The monoisotopic (exact) mass is 219 g/mol. The van der Waals surface area contributed by atoms with Gasteiger partial charge < -0.3 is 10.2 Å². The summed E-state index contributed by atoms with van der Waals surface area (Å²) >= 11 is 0. The van der Waals surface area contributed by atoms with E-state index in [1.807, 2.05) is 32.0 Å². The Hall–Kier alpha value is -1.88. The van der Waals surface area contributed by atoms with Crippen LogP contribution in [0.2, 0.25) is 0 Å². The van der Waals surface area contributed by atoms with Gasteiger partial charge in [0.25, 0.3) is 0 Å². The van der Waals surface area contributed by atoms with Crippen LogP contribution < -0.4 is 11.5 Å². The fourth-order valence-corrected chi connectivity index (χ4v) is 1.52. The van der Waals surface area contributed by atoms with Gasteiger partial charge in [-0.25, -0.2) is 4.79 Å². The maximum Gasteiger partial charge on any atom is 0.442 e. The lowest BCUT2D eigenvalue weighted by Gasteiger charge is -2.05. The smallest absolute Gasteiger partial charge is 0.391 e. The third kappa shape index (κ3) is 1.65. The number of rotatable bonds is 2. The fraction of sp³-hybridized carbons (Fsp3) is 0.273. The summed E-state index contributed by atoms with van der Waals surface area (Å²) in [4.78, 5) is 11.5. The van der Waals surface area contributed by atoms with Gasteiger partial charge in [-0.1, -0.05) is 12.1 Å². The number of benzene rings is 1. The molecule has 0 spiro atoms. The van der Waals surface area contributed by atoms with Crippen molar-refractivity contribution in [3.05, 3.63) is 45.8 Å². The summed E-state index contributed by atoms with van der Waals surface area (Å²) in [5.41, 5.74) is 8.20. The van der Waals surface area contributed by atoms with Crippen LogP contribution >= 0.6 is 0 Å². The minimum atomic E-state index is -0.505. The van der Waals surface area contributed by atoms with Gasteiger partial charge in [0.1, 0.15) is 0 Å². The molecule has 2 N–H and O–H groups in total. The topological polar surface area (TPSA) is 74.1 Å². The van der Waals surface area contributed by atoms with Crippen LogP contribution in [-0.2, 0) is 6.54 Å². The largest absolute Gasteiger partial charge is 0.442 e. The summed E-state index contributed by atoms with van der Waals surface area (Å²) in [6, 6.07) is 5.68. The molecule has 5 heteroatoms. The first kappa shape index (κ1) is 10.6. The predicted molar refractivity (Wildman–Crippen MR) is 59.5 cm³/mol. The average Bonchev–Trinajstić information content (AvgIpc) is 2.64. The summed E-state index contributed by atoms with van der Waals surface area (Å²) in [5, 5.41) is 4.01. The molecular formula is C11H13N3O2. The quantitative estimate of drug-likeness (QED) is 0.814. The fourth-order valence-electron chi connectivity index (χ4n) is 1.52. The standard InChI is InChI=1S/C11H13N3O2/c1-7-4-3-5-9(8(7)2)14-11(15)16-10(6-12)13-14/h3-5H,6,12H2,1-2H3. The first-order valence-electron chi connectivity index (χ1n) is 4.99. The highest BCUT2D eigenvalue weighted by atomic mass is 16.4. The van der Waals surface area contributed by atoms with E-state index in [-0.39, 0.29) is 12.4 Å². The molecule has 1 aromatic heterocycles. The van der Waals surface area contributed by atoms with Gasteiger partial charge in [0.05, 0.1) is 12.2 Å². The molecule has 0 aliphatic rings. The van der Waals surface area contributed by atoms with Gasteiger partial charge in [0.15, 0.2) is 0 Å². The Morgan fingerprint density at radius 3 is 2.81 bits per heavy atom. The zero-order valence-electron chi connectivity index (χ0n) is 9.23. The molecule has 0 bridgehead atoms. The molecule has 2 rings (SSSR count). The summed E-state index contributed by atoms with van der Waals surface area (Å²) in [7, 11) is 0. The van der Waals surface area contributed by atoms with Crippen molar-refractivity contribution in [2.75, 3.05) is 0 Å². The lowest BCUT2D eigenvalue weighted by Crippen LogP contribution is -2.15. The van der Waals surface area contributed by atoms with Crippen molar-refractivity contribution < 1.29 is 4.42 Å². The van der Waals surface area contributed by atoms with Gasteiger partial charge in [0.2, 0.25) is 5.89 Å². The first-order valence-corrected chi connectivity index (χ1v) is 4.99. The second-order valence-electron chi connectivity index (χ2n) is 3.60. The molecule has 5 nitrogen and oxygen atoms in total. The van der Waals surface area contributed by atoms with Crippen molar-refractivity contribution in [3.8, 4) is 5.69 Å². The van der Waals surface area contributed by atoms with Gasteiger partial charge in [-0.15, -0.1) is 5.10 Å². The molecule has 0 aliphatic heterocycles. The van der Waals surface area contributed by atoms with Crippen LogP contribution in [0.4, 0.5) is 0 Å². The molecule has 0 atom stereocenters. The SMILES string of the molecule is Cc1cccc(-n2nc(CN)oc2=O)c1C. The van der Waals surface area contributed by atoms with Crippen LogP contribution in [0.5, 0.6) is 0 Å². The van der Waals surface area contributed by atoms with Crippen molar-refractivity contribution in [3.63, 3.8) is 0 Å². The number of nitrogens with two attached hydrogens (primary N) is 1. The Bertz CT molecular complexity index is 569. The third-order valence-corrected chi connectivity index (χ3v) is 2.57. The van der Waals surface area contributed by atoms with Crippen molar-refractivity contribution in [2.24, 2.45) is 5.73 Å². The van der Waals surface area contributed by atoms with Crippen LogP contribution in [0.15, 0.2) is 27.4 Å². The Morgan fingerprint density at radius 2 is 2.19 bits per heavy atom. The van der Waals surface area contributed by atoms with Crippen molar-refractivity contribution >= 4 is 0 Å². The molecule has 0 aliphatic carbocycles. The normalized spacial score (nSPS) is 10.7. The van der Waals surface area contributed by atoms with Crippen LogP contribution in [0, 0.1) is 13.8 Å². The van der Waals surface area contributed by atoms with Gasteiger partial charge in [-0.05, 0) is 31.0 Å². The van der Waals surface area contributed by atoms with E-state index in [9.17, 15) is 4.79 Å². The predicted octanol–water partition coefficient (Wildman–Crippen LogP) is 0.901. The van der Waals surface area contributed by atoms with E-state index in [0.717, 1.165) is 16.8 Å². The van der Waals surface area contributed by atoms with E-state index < -0.39 is 5.76 Å². The molecular weight excluding hydrogens is 206 g/mol. The number of hydrogen-bond donors (Lipinski definition) is 1. The molecule has 0 radical (unpaired) electrons. The zero-order valence-corrected chi connectivity index (χ0v) is 9.23. The average molecular weight is 219 g/mol. The molecule has 0 saturated heterocycles. The Balaban J connectivity index is 2.63. The first-order chi connectivity index (χ1) is 7.63. The van der Waals surface area contributed by atoms with Gasteiger partial charge in [-0.2, -0.15) is 4.68 Å². The summed E-state index contributed by atoms with van der Waals surface area (Å²) in [5.74, 6) is -0.264. The second-order valence-corrected chi connectivity index (χ2v) is 3.60. The number of hydrogen-bond acceptors (Lipinski definition) is 4.